The van der Waals surface area contributed by atoms with Crippen LogP contribution in [0.4, 0.5) is 18.9 Å². The van der Waals surface area contributed by atoms with Gasteiger partial charge in [0, 0.05) is 15.7 Å². The molecule has 0 fully saturated rings. The minimum atomic E-state index is -4.76. The molecule has 0 aliphatic heterocycles. The molecule has 0 bridgehead atoms. The first-order valence-corrected chi connectivity index (χ1v) is 5.59. The predicted octanol–water partition coefficient (Wildman–Crippen LogP) is 1.68. The summed E-state index contributed by atoms with van der Waals surface area (Å²) in [6.07, 6.45) is -7.35. The summed E-state index contributed by atoms with van der Waals surface area (Å²) in [5.74, 6) is -0.738. The van der Waals surface area contributed by atoms with Gasteiger partial charge in [-0.05, 0) is 34.1 Å². The molecule has 1 atom stereocenters. The van der Waals surface area contributed by atoms with Gasteiger partial charge in [-0.2, -0.15) is 13.2 Å². The van der Waals surface area contributed by atoms with Gasteiger partial charge in [0.2, 0.25) is 0 Å². The number of benzene rings is 1. The van der Waals surface area contributed by atoms with Crippen LogP contribution in [0.3, 0.4) is 0 Å². The largest absolute Gasteiger partial charge is 0.416 e. The van der Waals surface area contributed by atoms with Crippen LogP contribution >= 0.6 is 15.9 Å². The molecule has 0 aromatic heterocycles. The SMILES string of the molecule is Nc1cc(C(=O)NCC(O)C(F)(F)F)ccc1Br. The molecule has 1 amide bonds. The van der Waals surface area contributed by atoms with Gasteiger partial charge in [0.1, 0.15) is 0 Å². The summed E-state index contributed by atoms with van der Waals surface area (Å²) in [6.45, 7) is -0.904. The molecular weight excluding hydrogens is 317 g/mol. The summed E-state index contributed by atoms with van der Waals surface area (Å²) in [4.78, 5) is 11.5. The maximum atomic E-state index is 12.0. The Morgan fingerprint density at radius 3 is 2.61 bits per heavy atom. The van der Waals surface area contributed by atoms with Gasteiger partial charge in [0.25, 0.3) is 5.91 Å². The number of aliphatic hydroxyl groups excluding tert-OH is 1. The first-order chi connectivity index (χ1) is 8.21. The van der Waals surface area contributed by atoms with Crippen LogP contribution in [0.5, 0.6) is 0 Å². The summed E-state index contributed by atoms with van der Waals surface area (Å²) in [6, 6.07) is 4.22. The van der Waals surface area contributed by atoms with Gasteiger partial charge < -0.3 is 16.2 Å². The van der Waals surface area contributed by atoms with Crippen LogP contribution in [0.15, 0.2) is 22.7 Å². The average molecular weight is 327 g/mol. The summed E-state index contributed by atoms with van der Waals surface area (Å²) >= 11 is 3.12. The summed E-state index contributed by atoms with van der Waals surface area (Å²) in [7, 11) is 0. The fourth-order valence-electron chi connectivity index (χ4n) is 1.09. The zero-order chi connectivity index (χ0) is 13.9. The third-order valence-electron chi connectivity index (χ3n) is 2.09. The van der Waals surface area contributed by atoms with Crippen LogP contribution in [0.2, 0.25) is 0 Å². The van der Waals surface area contributed by atoms with Crippen LogP contribution in [-0.2, 0) is 0 Å². The van der Waals surface area contributed by atoms with E-state index in [2.05, 4.69) is 15.9 Å². The van der Waals surface area contributed by atoms with E-state index in [1.165, 1.54) is 18.2 Å². The van der Waals surface area contributed by atoms with Crippen molar-refractivity contribution in [1.29, 1.82) is 0 Å². The third kappa shape index (κ3) is 3.88. The van der Waals surface area contributed by atoms with Crippen LogP contribution < -0.4 is 11.1 Å². The topological polar surface area (TPSA) is 75.4 Å². The molecule has 18 heavy (non-hydrogen) atoms. The van der Waals surface area contributed by atoms with Crippen molar-refractivity contribution < 1.29 is 23.1 Å². The molecule has 1 aromatic carbocycles. The van der Waals surface area contributed by atoms with E-state index in [0.717, 1.165) is 0 Å². The Hall–Kier alpha value is -1.28. The lowest BCUT2D eigenvalue weighted by molar-refractivity contribution is -0.201. The molecule has 1 unspecified atom stereocenters. The van der Waals surface area contributed by atoms with E-state index in [1.807, 2.05) is 5.32 Å². The maximum Gasteiger partial charge on any atom is 0.416 e. The van der Waals surface area contributed by atoms with E-state index in [-0.39, 0.29) is 5.56 Å². The van der Waals surface area contributed by atoms with E-state index in [4.69, 9.17) is 10.8 Å². The van der Waals surface area contributed by atoms with E-state index >= 15 is 0 Å². The van der Waals surface area contributed by atoms with Crippen molar-refractivity contribution >= 4 is 27.5 Å². The van der Waals surface area contributed by atoms with E-state index in [9.17, 15) is 18.0 Å². The number of nitrogens with one attached hydrogen (secondary N) is 1. The first kappa shape index (κ1) is 14.8. The zero-order valence-corrected chi connectivity index (χ0v) is 10.5. The number of hydrogen-bond acceptors (Lipinski definition) is 3. The second-order valence-corrected chi connectivity index (χ2v) is 4.36. The van der Waals surface area contributed by atoms with Crippen molar-refractivity contribution in [3.05, 3.63) is 28.2 Å². The molecule has 1 aromatic rings. The molecule has 4 nitrogen and oxygen atoms in total. The highest BCUT2D eigenvalue weighted by molar-refractivity contribution is 9.10. The molecular formula is C10H10BrF3N2O2. The highest BCUT2D eigenvalue weighted by Crippen LogP contribution is 2.21. The maximum absolute atomic E-state index is 12.0. The van der Waals surface area contributed by atoms with Crippen LogP contribution in [-0.4, -0.2) is 29.8 Å². The van der Waals surface area contributed by atoms with Crippen LogP contribution in [0.25, 0.3) is 0 Å². The molecule has 0 spiro atoms. The van der Waals surface area contributed by atoms with E-state index in [1.54, 1.807) is 0 Å². The molecule has 4 N–H and O–H groups in total. The Balaban J connectivity index is 2.63. The molecule has 0 saturated heterocycles. The first-order valence-electron chi connectivity index (χ1n) is 4.80. The Morgan fingerprint density at radius 1 is 1.50 bits per heavy atom. The highest BCUT2D eigenvalue weighted by atomic mass is 79.9. The number of hydrogen-bond donors (Lipinski definition) is 3. The van der Waals surface area contributed by atoms with Crippen LogP contribution in [0, 0.1) is 0 Å². The van der Waals surface area contributed by atoms with Crippen molar-refractivity contribution in [2.75, 3.05) is 12.3 Å². The molecule has 0 radical (unpaired) electrons. The van der Waals surface area contributed by atoms with Gasteiger partial charge in [-0.3, -0.25) is 4.79 Å². The summed E-state index contributed by atoms with van der Waals surface area (Å²) in [5, 5.41) is 10.7. The Labute approximate surface area is 109 Å². The molecule has 100 valence electrons. The number of carbonyl (C=O) groups excluding carboxylic acids is 1. The lowest BCUT2D eigenvalue weighted by Gasteiger charge is -2.15. The highest BCUT2D eigenvalue weighted by Gasteiger charge is 2.38. The van der Waals surface area contributed by atoms with Gasteiger partial charge in [-0.25, -0.2) is 0 Å². The average Bonchev–Trinajstić information content (AvgIpc) is 2.27. The van der Waals surface area contributed by atoms with Gasteiger partial charge in [0.15, 0.2) is 6.10 Å². The quantitative estimate of drug-likeness (QED) is 0.740. The van der Waals surface area contributed by atoms with Crippen molar-refractivity contribution in [3.63, 3.8) is 0 Å². The molecule has 0 aliphatic rings. The smallest absolute Gasteiger partial charge is 0.398 e. The molecule has 1 rings (SSSR count). The number of nitrogens with two attached hydrogens (primary N) is 1. The summed E-state index contributed by atoms with van der Waals surface area (Å²) < 4.78 is 36.6. The third-order valence-corrected chi connectivity index (χ3v) is 2.81. The lowest BCUT2D eigenvalue weighted by atomic mass is 10.2. The number of amides is 1. The lowest BCUT2D eigenvalue weighted by Crippen LogP contribution is -2.40. The molecule has 0 saturated carbocycles. The van der Waals surface area contributed by atoms with Gasteiger partial charge in [0.05, 0.1) is 6.54 Å². The number of anilines is 1. The number of aliphatic hydroxyl groups is 1. The Bertz CT molecular complexity index is 451. The normalized spacial score (nSPS) is 13.2. The number of carbonyl (C=O) groups is 1. The monoisotopic (exact) mass is 326 g/mol. The van der Waals surface area contributed by atoms with Gasteiger partial charge >= 0.3 is 6.18 Å². The Kier molecular flexibility index (Phi) is 4.58. The number of alkyl halides is 3. The Morgan fingerprint density at radius 2 is 2.11 bits per heavy atom. The molecule has 0 heterocycles. The fourth-order valence-corrected chi connectivity index (χ4v) is 1.34. The van der Waals surface area contributed by atoms with Crippen molar-refractivity contribution in [3.8, 4) is 0 Å². The van der Waals surface area contributed by atoms with Crippen molar-refractivity contribution in [1.82, 2.24) is 5.32 Å². The van der Waals surface area contributed by atoms with Gasteiger partial charge in [-0.1, -0.05) is 0 Å². The fraction of sp³-hybridized carbons (Fsp3) is 0.300. The standard InChI is InChI=1S/C10H10BrF3N2O2/c11-6-2-1-5(3-7(6)15)9(18)16-4-8(17)10(12,13)14/h1-3,8,17H,4,15H2,(H,16,18). The predicted molar refractivity (Wildman–Crippen MR) is 62.9 cm³/mol. The molecule has 0 aliphatic carbocycles. The summed E-state index contributed by atoms with van der Waals surface area (Å²) in [5.41, 5.74) is 5.93. The minimum Gasteiger partial charge on any atom is -0.398 e. The van der Waals surface area contributed by atoms with Crippen molar-refractivity contribution in [2.45, 2.75) is 12.3 Å². The minimum absolute atomic E-state index is 0.116. The number of rotatable bonds is 3. The number of nitrogen functional groups attached to an aromatic ring is 1. The molecule has 8 heteroatoms. The second-order valence-electron chi connectivity index (χ2n) is 3.50. The van der Waals surface area contributed by atoms with E-state index in [0.29, 0.717) is 10.2 Å². The van der Waals surface area contributed by atoms with Gasteiger partial charge in [-0.15, -0.1) is 0 Å². The second kappa shape index (κ2) is 5.57. The zero-order valence-electron chi connectivity index (χ0n) is 8.96. The van der Waals surface area contributed by atoms with E-state index < -0.39 is 24.7 Å². The number of halogens is 4. The van der Waals surface area contributed by atoms with Crippen molar-refractivity contribution in [2.24, 2.45) is 0 Å². The van der Waals surface area contributed by atoms with Crippen LogP contribution in [0.1, 0.15) is 10.4 Å².